The Morgan fingerprint density at radius 3 is 1.43 bits per heavy atom. The summed E-state index contributed by atoms with van der Waals surface area (Å²) in [5, 5.41) is 0. The van der Waals surface area contributed by atoms with Crippen molar-refractivity contribution in [2.45, 2.75) is 0 Å². The fraction of sp³-hybridized carbons (Fsp3) is 0. The van der Waals surface area contributed by atoms with Crippen LogP contribution in [0.15, 0.2) is 0 Å². The molecule has 0 heterocycles. The molecule has 4 N–H and O–H groups in total. The topological polar surface area (TPSA) is 52.0 Å². The summed E-state index contributed by atoms with van der Waals surface area (Å²) in [6, 6.07) is 0. The Morgan fingerprint density at radius 1 is 1.14 bits per heavy atom. The van der Waals surface area contributed by atoms with Gasteiger partial charge in [0.05, 0.1) is 0 Å². The van der Waals surface area contributed by atoms with Crippen LogP contribution in [0, 0.1) is 0 Å². The fourth-order valence-corrected chi connectivity index (χ4v) is 1.27. The number of hydrogen-bond acceptors (Lipinski definition) is 2. The van der Waals surface area contributed by atoms with Crippen molar-refractivity contribution in [3.8, 4) is 0 Å². The van der Waals surface area contributed by atoms with Gasteiger partial charge < -0.3 is 0 Å². The molecule has 41 valence electrons. The Bertz CT molecular complexity index is 89.9. The van der Waals surface area contributed by atoms with Gasteiger partial charge in [-0.25, -0.2) is 0 Å². The molecule has 0 unspecified atom stereocenters. The molecular formula is C2H4MnN2S2. The van der Waals surface area contributed by atoms with Crippen LogP contribution in [0.5, 0.6) is 0 Å². The summed E-state index contributed by atoms with van der Waals surface area (Å²) in [5.41, 5.74) is 10.1. The van der Waals surface area contributed by atoms with E-state index in [0.29, 0.717) is 7.77 Å². The average Bonchev–Trinajstić information content (AvgIpc) is 1.27. The zero-order valence-electron chi connectivity index (χ0n) is 3.35. The molecule has 2 nitrogen and oxygen atoms in total. The van der Waals surface area contributed by atoms with Crippen molar-refractivity contribution in [1.29, 1.82) is 0 Å². The van der Waals surface area contributed by atoms with E-state index in [4.69, 9.17) is 11.5 Å². The normalized spacial score (nSPS) is 8.00. The molecule has 0 saturated heterocycles. The van der Waals surface area contributed by atoms with Crippen LogP contribution >= 0.6 is 24.4 Å². The monoisotopic (exact) mass is 175 g/mol. The Hall–Kier alpha value is 0.299. The maximum absolute atomic E-state index is 5.07. The van der Waals surface area contributed by atoms with Gasteiger partial charge in [-0.3, -0.25) is 0 Å². The predicted molar refractivity (Wildman–Crippen MR) is 33.6 cm³/mol. The molecule has 0 spiro atoms. The van der Waals surface area contributed by atoms with Crippen LogP contribution in [0.1, 0.15) is 0 Å². The molecule has 0 aromatic heterocycles. The molecule has 0 saturated carbocycles. The first-order valence-corrected chi connectivity index (χ1v) is 3.36. The van der Waals surface area contributed by atoms with Crippen LogP contribution < -0.4 is 11.5 Å². The van der Waals surface area contributed by atoms with Crippen molar-refractivity contribution in [3.05, 3.63) is 0 Å². The molecule has 0 aromatic carbocycles. The van der Waals surface area contributed by atoms with Gasteiger partial charge in [0, 0.05) is 0 Å². The van der Waals surface area contributed by atoms with Crippen LogP contribution in [0.4, 0.5) is 0 Å². The van der Waals surface area contributed by atoms with Crippen LogP contribution in [0.25, 0.3) is 0 Å². The molecule has 7 heavy (non-hydrogen) atoms. The van der Waals surface area contributed by atoms with Crippen molar-refractivity contribution >= 4 is 32.2 Å². The molecule has 0 atom stereocenters. The van der Waals surface area contributed by atoms with E-state index in [2.05, 4.69) is 24.4 Å². The van der Waals surface area contributed by atoms with Gasteiger partial charge in [0.2, 0.25) is 0 Å². The minimum atomic E-state index is 0.137. The molecular weight excluding hydrogens is 171 g/mol. The van der Waals surface area contributed by atoms with Gasteiger partial charge in [-0.1, -0.05) is 0 Å². The summed E-state index contributed by atoms with van der Waals surface area (Å²) in [5.74, 6) is 0. The van der Waals surface area contributed by atoms with Gasteiger partial charge >= 0.3 is 58.6 Å². The molecule has 0 aromatic rings. The van der Waals surface area contributed by atoms with E-state index < -0.39 is 0 Å². The van der Waals surface area contributed by atoms with Crippen LogP contribution in [-0.4, -0.2) is 7.77 Å². The summed E-state index contributed by atoms with van der Waals surface area (Å²) >= 11 is 9.13. The number of nitrogens with two attached hydrogens (primary N) is 2. The summed E-state index contributed by atoms with van der Waals surface area (Å²) in [6.07, 6.45) is 0. The summed E-state index contributed by atoms with van der Waals surface area (Å²) < 4.78 is 0.771. The Kier molecular flexibility index (Phi) is 3.46. The standard InChI is InChI=1S/2CH2NS.Mn/c2*2-1-3;/h2*(H2,2,3);. The summed E-state index contributed by atoms with van der Waals surface area (Å²) in [6.45, 7) is 0. The molecule has 0 bridgehead atoms. The molecule has 0 aliphatic rings. The molecule has 0 aliphatic heterocycles. The Labute approximate surface area is 58.8 Å². The zero-order valence-corrected chi connectivity index (χ0v) is 6.16. The zero-order chi connectivity index (χ0) is 5.86. The van der Waals surface area contributed by atoms with Crippen molar-refractivity contribution in [1.82, 2.24) is 0 Å². The molecule has 0 radical (unpaired) electrons. The first-order chi connectivity index (χ1) is 3.13. The molecule has 0 rings (SSSR count). The predicted octanol–water partition coefficient (Wildman–Crippen LogP) is -0.444. The van der Waals surface area contributed by atoms with Crippen LogP contribution in [-0.2, 0) is 15.0 Å². The van der Waals surface area contributed by atoms with Crippen LogP contribution in [0.2, 0.25) is 0 Å². The van der Waals surface area contributed by atoms with Gasteiger partial charge in [-0.15, -0.1) is 0 Å². The SMILES string of the molecule is N[C](=S)[Mn][C](N)=S. The maximum atomic E-state index is 5.07. The van der Waals surface area contributed by atoms with Crippen molar-refractivity contribution in [2.75, 3.05) is 0 Å². The second-order valence-electron chi connectivity index (χ2n) is 0.703. The van der Waals surface area contributed by atoms with E-state index in [1.54, 1.807) is 0 Å². The first kappa shape index (κ1) is 7.30. The third kappa shape index (κ3) is 6.30. The Balaban J connectivity index is 3.32. The summed E-state index contributed by atoms with van der Waals surface area (Å²) in [4.78, 5) is 0. The molecule has 0 fully saturated rings. The van der Waals surface area contributed by atoms with E-state index >= 15 is 0 Å². The fourth-order valence-electron chi connectivity index (χ4n) is 0.0918. The number of hydrogen-bond donors (Lipinski definition) is 2. The van der Waals surface area contributed by atoms with Gasteiger partial charge in [0.1, 0.15) is 0 Å². The van der Waals surface area contributed by atoms with E-state index in [-0.39, 0.29) is 15.0 Å². The van der Waals surface area contributed by atoms with Gasteiger partial charge in [0.25, 0.3) is 0 Å². The van der Waals surface area contributed by atoms with E-state index in [9.17, 15) is 0 Å². The van der Waals surface area contributed by atoms with E-state index in [1.807, 2.05) is 0 Å². The van der Waals surface area contributed by atoms with Crippen molar-refractivity contribution < 1.29 is 15.0 Å². The summed E-state index contributed by atoms with van der Waals surface area (Å²) in [7, 11) is 0. The third-order valence-electron chi connectivity index (χ3n) is 0.186. The van der Waals surface area contributed by atoms with Gasteiger partial charge in [0.15, 0.2) is 0 Å². The van der Waals surface area contributed by atoms with E-state index in [0.717, 1.165) is 0 Å². The number of thiocarbonyl (C=S) groups is 2. The quantitative estimate of drug-likeness (QED) is 0.441. The molecule has 0 aliphatic carbocycles. The van der Waals surface area contributed by atoms with Crippen LogP contribution in [0.3, 0.4) is 0 Å². The average molecular weight is 175 g/mol. The van der Waals surface area contributed by atoms with Gasteiger partial charge in [-0.05, 0) is 0 Å². The van der Waals surface area contributed by atoms with Crippen molar-refractivity contribution in [3.63, 3.8) is 0 Å². The molecule has 0 amide bonds. The second kappa shape index (κ2) is 3.32. The van der Waals surface area contributed by atoms with Gasteiger partial charge in [-0.2, -0.15) is 0 Å². The van der Waals surface area contributed by atoms with E-state index in [1.165, 1.54) is 0 Å². The molecule has 5 heteroatoms. The Morgan fingerprint density at radius 2 is 1.43 bits per heavy atom. The first-order valence-electron chi connectivity index (χ1n) is 1.36. The minimum absolute atomic E-state index is 0.137. The third-order valence-corrected chi connectivity index (χ3v) is 1.40. The second-order valence-corrected chi connectivity index (χ2v) is 3.91. The van der Waals surface area contributed by atoms with Crippen molar-refractivity contribution in [2.24, 2.45) is 11.5 Å². The number of rotatable bonds is 2.